The minimum atomic E-state index is -0.990. The van der Waals surface area contributed by atoms with Gasteiger partial charge < -0.3 is 9.84 Å². The standard InChI is InChI=1S/C19H8O5/c20-17(21)11-5-4-10-13-7-15-14(18(22)24-19(15)23)6-12(13)9-3-1-2-8(11)16(9)10/h1-7H,(H,20,21). The number of carboxylic acid groups (broad SMARTS) is 1. The van der Waals surface area contributed by atoms with Crippen molar-refractivity contribution in [2.75, 3.05) is 0 Å². The summed E-state index contributed by atoms with van der Waals surface area (Å²) in [4.78, 5) is 35.1. The lowest BCUT2D eigenvalue weighted by atomic mass is 9.97. The fourth-order valence-electron chi connectivity index (χ4n) is 3.62. The number of ether oxygens (including phenoxy) is 1. The zero-order valence-corrected chi connectivity index (χ0v) is 12.1. The van der Waals surface area contributed by atoms with E-state index in [-0.39, 0.29) is 16.7 Å². The molecule has 0 saturated carbocycles. The molecule has 2 aliphatic rings. The van der Waals surface area contributed by atoms with E-state index < -0.39 is 17.9 Å². The molecule has 114 valence electrons. The molecular formula is C19H8O5. The lowest BCUT2D eigenvalue weighted by molar-refractivity contribution is 0.0443. The zero-order valence-electron chi connectivity index (χ0n) is 12.1. The first kappa shape index (κ1) is 13.0. The van der Waals surface area contributed by atoms with E-state index in [1.165, 1.54) is 0 Å². The molecule has 0 amide bonds. The van der Waals surface area contributed by atoms with E-state index in [0.717, 1.165) is 27.6 Å². The highest BCUT2D eigenvalue weighted by Gasteiger charge is 2.34. The van der Waals surface area contributed by atoms with Gasteiger partial charge in [0.2, 0.25) is 0 Å². The van der Waals surface area contributed by atoms with Crippen LogP contribution in [-0.2, 0) is 4.74 Å². The molecule has 0 atom stereocenters. The molecule has 0 radical (unpaired) electrons. The summed E-state index contributed by atoms with van der Waals surface area (Å²) >= 11 is 0. The van der Waals surface area contributed by atoms with Gasteiger partial charge in [-0.25, -0.2) is 14.4 Å². The number of aromatic carboxylic acids is 1. The lowest BCUT2D eigenvalue weighted by Crippen LogP contribution is -1.97. The van der Waals surface area contributed by atoms with E-state index in [0.29, 0.717) is 5.39 Å². The Bertz CT molecular complexity index is 1090. The summed E-state index contributed by atoms with van der Waals surface area (Å²) in [5.74, 6) is -2.28. The molecule has 3 aromatic rings. The van der Waals surface area contributed by atoms with Crippen LogP contribution in [0.4, 0.5) is 0 Å². The number of hydrogen-bond acceptors (Lipinski definition) is 4. The molecule has 0 bridgehead atoms. The van der Waals surface area contributed by atoms with E-state index in [1.54, 1.807) is 36.4 Å². The predicted molar refractivity (Wildman–Crippen MR) is 85.1 cm³/mol. The summed E-state index contributed by atoms with van der Waals surface area (Å²) < 4.78 is 4.67. The first-order chi connectivity index (χ1) is 11.6. The van der Waals surface area contributed by atoms with Crippen LogP contribution in [0.2, 0.25) is 0 Å². The maximum absolute atomic E-state index is 11.8. The minimum Gasteiger partial charge on any atom is -0.478 e. The van der Waals surface area contributed by atoms with Crippen LogP contribution < -0.4 is 0 Å². The number of carbonyl (C=O) groups is 3. The molecule has 3 aromatic carbocycles. The number of rotatable bonds is 1. The number of carboxylic acids is 1. The lowest BCUT2D eigenvalue weighted by Gasteiger charge is -2.05. The second-order valence-electron chi connectivity index (χ2n) is 5.81. The normalized spacial score (nSPS) is 13.8. The maximum atomic E-state index is 11.8. The molecule has 5 nitrogen and oxygen atoms in total. The van der Waals surface area contributed by atoms with Crippen LogP contribution in [0, 0.1) is 0 Å². The van der Waals surface area contributed by atoms with Crippen molar-refractivity contribution < 1.29 is 24.2 Å². The Kier molecular flexibility index (Phi) is 2.21. The van der Waals surface area contributed by atoms with E-state index in [9.17, 15) is 19.5 Å². The number of hydrogen-bond donors (Lipinski definition) is 1. The molecule has 1 heterocycles. The van der Waals surface area contributed by atoms with E-state index >= 15 is 0 Å². The van der Waals surface area contributed by atoms with Crippen LogP contribution in [0.25, 0.3) is 33.0 Å². The molecule has 24 heavy (non-hydrogen) atoms. The Morgan fingerprint density at radius 3 is 2.04 bits per heavy atom. The Morgan fingerprint density at radius 1 is 0.792 bits per heavy atom. The topological polar surface area (TPSA) is 80.7 Å². The van der Waals surface area contributed by atoms with Crippen LogP contribution in [0.5, 0.6) is 0 Å². The van der Waals surface area contributed by atoms with Gasteiger partial charge in [-0.05, 0) is 51.2 Å². The average Bonchev–Trinajstić information content (AvgIpc) is 3.03. The van der Waals surface area contributed by atoms with Crippen molar-refractivity contribution in [1.29, 1.82) is 0 Å². The van der Waals surface area contributed by atoms with Crippen LogP contribution in [0.15, 0.2) is 42.5 Å². The van der Waals surface area contributed by atoms with Gasteiger partial charge in [-0.15, -0.1) is 0 Å². The van der Waals surface area contributed by atoms with Crippen molar-refractivity contribution in [3.05, 3.63) is 59.2 Å². The molecule has 0 unspecified atom stereocenters. The molecule has 5 rings (SSSR count). The van der Waals surface area contributed by atoms with Gasteiger partial charge in [0, 0.05) is 0 Å². The van der Waals surface area contributed by atoms with Gasteiger partial charge >= 0.3 is 17.9 Å². The number of fused-ring (bicyclic) bond motifs is 4. The van der Waals surface area contributed by atoms with Crippen LogP contribution in [-0.4, -0.2) is 23.0 Å². The zero-order chi connectivity index (χ0) is 16.6. The second kappa shape index (κ2) is 4.08. The molecule has 0 aromatic heterocycles. The van der Waals surface area contributed by atoms with Crippen LogP contribution in [0.3, 0.4) is 0 Å². The fraction of sp³-hybridized carbons (Fsp3) is 0. The highest BCUT2D eigenvalue weighted by molar-refractivity contribution is 6.23. The average molecular weight is 316 g/mol. The van der Waals surface area contributed by atoms with Gasteiger partial charge in [0.1, 0.15) is 0 Å². The summed E-state index contributed by atoms with van der Waals surface area (Å²) in [6, 6.07) is 12.1. The van der Waals surface area contributed by atoms with Crippen molar-refractivity contribution in [2.24, 2.45) is 0 Å². The van der Waals surface area contributed by atoms with Crippen molar-refractivity contribution in [2.45, 2.75) is 0 Å². The Morgan fingerprint density at radius 2 is 1.42 bits per heavy atom. The van der Waals surface area contributed by atoms with Crippen molar-refractivity contribution in [3.63, 3.8) is 0 Å². The van der Waals surface area contributed by atoms with Gasteiger partial charge in [0.05, 0.1) is 16.7 Å². The summed E-state index contributed by atoms with van der Waals surface area (Å²) in [5, 5.41) is 10.9. The first-order valence-corrected chi connectivity index (χ1v) is 7.30. The summed E-state index contributed by atoms with van der Waals surface area (Å²) in [6.45, 7) is 0. The highest BCUT2D eigenvalue weighted by atomic mass is 16.6. The number of cyclic esters (lactones) is 2. The number of benzene rings is 3. The number of esters is 2. The Labute approximate surface area is 135 Å². The SMILES string of the molecule is O=C1OC(=O)c2cc3c(cc21)-c1cccc2c(C(=O)O)ccc-3c12. The molecule has 0 spiro atoms. The Balaban J connectivity index is 1.92. The third kappa shape index (κ3) is 1.41. The van der Waals surface area contributed by atoms with Crippen LogP contribution in [0.1, 0.15) is 31.1 Å². The molecule has 1 N–H and O–H groups in total. The quantitative estimate of drug-likeness (QED) is 0.429. The Hall–Kier alpha value is -3.47. The van der Waals surface area contributed by atoms with Gasteiger partial charge in [0.15, 0.2) is 0 Å². The van der Waals surface area contributed by atoms with Crippen molar-refractivity contribution in [1.82, 2.24) is 0 Å². The fourth-order valence-corrected chi connectivity index (χ4v) is 3.62. The van der Waals surface area contributed by atoms with Crippen molar-refractivity contribution in [3.8, 4) is 22.3 Å². The van der Waals surface area contributed by atoms with Gasteiger partial charge in [0.25, 0.3) is 0 Å². The molecule has 1 aliphatic carbocycles. The summed E-state index contributed by atoms with van der Waals surface area (Å²) in [6.07, 6.45) is 0. The first-order valence-electron chi connectivity index (χ1n) is 7.30. The van der Waals surface area contributed by atoms with Gasteiger partial charge in [-0.3, -0.25) is 0 Å². The van der Waals surface area contributed by atoms with E-state index in [2.05, 4.69) is 4.74 Å². The summed E-state index contributed by atoms with van der Waals surface area (Å²) in [7, 11) is 0. The molecular weight excluding hydrogens is 308 g/mol. The smallest absolute Gasteiger partial charge is 0.346 e. The number of carbonyl (C=O) groups excluding carboxylic acids is 2. The van der Waals surface area contributed by atoms with Gasteiger partial charge in [-0.2, -0.15) is 0 Å². The highest BCUT2D eigenvalue weighted by Crippen LogP contribution is 2.49. The molecule has 0 fully saturated rings. The largest absolute Gasteiger partial charge is 0.478 e. The molecule has 5 heteroatoms. The predicted octanol–water partition coefficient (Wildman–Crippen LogP) is 3.50. The maximum Gasteiger partial charge on any atom is 0.346 e. The molecule has 0 saturated heterocycles. The van der Waals surface area contributed by atoms with Crippen molar-refractivity contribution >= 4 is 28.7 Å². The minimum absolute atomic E-state index is 0.228. The van der Waals surface area contributed by atoms with E-state index in [1.807, 2.05) is 6.07 Å². The van der Waals surface area contributed by atoms with Gasteiger partial charge in [-0.1, -0.05) is 24.3 Å². The molecule has 1 aliphatic heterocycles. The van der Waals surface area contributed by atoms with E-state index in [4.69, 9.17) is 0 Å². The monoisotopic (exact) mass is 316 g/mol. The second-order valence-corrected chi connectivity index (χ2v) is 5.81. The third-order valence-electron chi connectivity index (χ3n) is 4.63. The van der Waals surface area contributed by atoms with Crippen LogP contribution >= 0.6 is 0 Å². The summed E-state index contributed by atoms with van der Waals surface area (Å²) in [5.41, 5.74) is 4.06. The third-order valence-corrected chi connectivity index (χ3v) is 4.63.